The van der Waals surface area contributed by atoms with E-state index in [-0.39, 0.29) is 0 Å². The van der Waals surface area contributed by atoms with Gasteiger partial charge in [-0.25, -0.2) is 0 Å². The van der Waals surface area contributed by atoms with Crippen LogP contribution >= 0.6 is 23.4 Å². The molecule has 0 spiro atoms. The second-order valence-electron chi connectivity index (χ2n) is 4.48. The summed E-state index contributed by atoms with van der Waals surface area (Å²) in [7, 11) is 0. The molecule has 114 valence electrons. The Morgan fingerprint density at radius 3 is 2.68 bits per heavy atom. The highest BCUT2D eigenvalue weighted by Gasteiger charge is 2.13. The molecule has 8 heteroatoms. The van der Waals surface area contributed by atoms with Gasteiger partial charge in [-0.2, -0.15) is 0 Å². The Balaban J connectivity index is 1.65. The Morgan fingerprint density at radius 1 is 1.05 bits per heavy atom. The molecule has 1 aromatic carbocycles. The minimum absolute atomic E-state index is 0.401. The molecule has 0 fully saturated rings. The van der Waals surface area contributed by atoms with E-state index in [1.807, 2.05) is 18.2 Å². The van der Waals surface area contributed by atoms with Crippen LogP contribution in [0.2, 0.25) is 5.02 Å². The van der Waals surface area contributed by atoms with Crippen molar-refractivity contribution in [2.24, 2.45) is 0 Å². The fourth-order valence-electron chi connectivity index (χ4n) is 1.79. The van der Waals surface area contributed by atoms with E-state index < -0.39 is 0 Å². The number of rotatable bonds is 6. The van der Waals surface area contributed by atoms with E-state index in [0.717, 1.165) is 18.4 Å². The zero-order chi connectivity index (χ0) is 15.4. The molecule has 2 heterocycles. The van der Waals surface area contributed by atoms with Crippen LogP contribution in [0.3, 0.4) is 0 Å². The Hall–Kier alpha value is -1.86. The number of aromatic nitrogens is 4. The molecule has 0 aliphatic heterocycles. The van der Waals surface area contributed by atoms with Gasteiger partial charge in [0.05, 0.1) is 16.3 Å². The van der Waals surface area contributed by atoms with Gasteiger partial charge in [-0.1, -0.05) is 42.4 Å². The van der Waals surface area contributed by atoms with E-state index in [9.17, 15) is 0 Å². The average Bonchev–Trinajstić information content (AvgIpc) is 3.15. The first-order valence-corrected chi connectivity index (χ1v) is 8.15. The number of hydrogen-bond donors (Lipinski definition) is 0. The van der Waals surface area contributed by atoms with Crippen molar-refractivity contribution in [3.8, 4) is 11.5 Å². The topological polar surface area (TPSA) is 77.8 Å². The maximum Gasteiger partial charge on any atom is 0.277 e. The molecular formula is C14H13ClN4O2S. The lowest BCUT2D eigenvalue weighted by Gasteiger charge is -1.96. The van der Waals surface area contributed by atoms with Gasteiger partial charge in [-0.15, -0.1) is 20.4 Å². The highest BCUT2D eigenvalue weighted by molar-refractivity contribution is 7.98. The first kappa shape index (κ1) is 15.1. The summed E-state index contributed by atoms with van der Waals surface area (Å²) in [6.45, 7) is 2.06. The molecule has 0 aliphatic carbocycles. The second kappa shape index (κ2) is 6.93. The summed E-state index contributed by atoms with van der Waals surface area (Å²) in [5, 5.41) is 17.0. The highest BCUT2D eigenvalue weighted by atomic mass is 35.5. The highest BCUT2D eigenvalue weighted by Crippen LogP contribution is 2.28. The number of aryl methyl sites for hydroxylation is 1. The number of benzene rings is 1. The molecule has 3 rings (SSSR count). The average molecular weight is 337 g/mol. The molecule has 0 N–H and O–H groups in total. The third-order valence-corrected chi connectivity index (χ3v) is 3.94. The molecule has 0 saturated heterocycles. The van der Waals surface area contributed by atoms with Gasteiger partial charge in [0.25, 0.3) is 5.22 Å². The van der Waals surface area contributed by atoms with Crippen molar-refractivity contribution in [3.05, 3.63) is 41.1 Å². The summed E-state index contributed by atoms with van der Waals surface area (Å²) in [4.78, 5) is 0. The smallest absolute Gasteiger partial charge is 0.277 e. The van der Waals surface area contributed by atoms with Crippen molar-refractivity contribution >= 4 is 23.4 Å². The van der Waals surface area contributed by atoms with E-state index in [1.54, 1.807) is 6.07 Å². The van der Waals surface area contributed by atoms with Gasteiger partial charge in [0.1, 0.15) is 0 Å². The van der Waals surface area contributed by atoms with E-state index in [4.69, 9.17) is 20.4 Å². The van der Waals surface area contributed by atoms with Gasteiger partial charge in [-0.3, -0.25) is 0 Å². The summed E-state index contributed by atoms with van der Waals surface area (Å²) in [5.74, 6) is 1.99. The molecule has 6 nitrogen and oxygen atoms in total. The van der Waals surface area contributed by atoms with Crippen LogP contribution in [0, 0.1) is 0 Å². The summed E-state index contributed by atoms with van der Waals surface area (Å²) < 4.78 is 11.1. The van der Waals surface area contributed by atoms with Crippen molar-refractivity contribution < 1.29 is 8.83 Å². The Bertz CT molecular complexity index is 759. The Morgan fingerprint density at radius 2 is 1.86 bits per heavy atom. The monoisotopic (exact) mass is 336 g/mol. The molecule has 22 heavy (non-hydrogen) atoms. The number of halogens is 1. The van der Waals surface area contributed by atoms with Crippen molar-refractivity contribution in [1.29, 1.82) is 0 Å². The van der Waals surface area contributed by atoms with Gasteiger partial charge in [0, 0.05) is 6.42 Å². The maximum absolute atomic E-state index is 6.11. The van der Waals surface area contributed by atoms with Crippen LogP contribution in [0.5, 0.6) is 0 Å². The molecule has 0 unspecified atom stereocenters. The second-order valence-corrected chi connectivity index (χ2v) is 5.81. The van der Waals surface area contributed by atoms with Gasteiger partial charge in [-0.05, 0) is 18.6 Å². The lowest BCUT2D eigenvalue weighted by Crippen LogP contribution is -1.80. The van der Waals surface area contributed by atoms with Crippen LogP contribution in [0.25, 0.3) is 11.5 Å². The van der Waals surface area contributed by atoms with Gasteiger partial charge in [0.2, 0.25) is 17.7 Å². The van der Waals surface area contributed by atoms with Crippen molar-refractivity contribution in [2.75, 3.05) is 0 Å². The lowest BCUT2D eigenvalue weighted by molar-refractivity contribution is 0.411. The Labute approximate surface area is 136 Å². The number of thioether (sulfide) groups is 1. The standard InChI is InChI=1S/C14H13ClN4O2S/c1-2-5-11-16-19-14(21-11)22-8-12-17-18-13(20-12)9-6-3-4-7-10(9)15/h3-4,6-7H,2,5,8H2,1H3. The third kappa shape index (κ3) is 3.48. The van der Waals surface area contributed by atoms with E-state index in [2.05, 4.69) is 27.3 Å². The minimum atomic E-state index is 0.401. The molecule has 3 aromatic rings. The van der Waals surface area contributed by atoms with Gasteiger partial charge >= 0.3 is 0 Å². The van der Waals surface area contributed by atoms with Crippen molar-refractivity contribution in [2.45, 2.75) is 30.7 Å². The van der Waals surface area contributed by atoms with Crippen LogP contribution in [0.4, 0.5) is 0 Å². The fraction of sp³-hybridized carbons (Fsp3) is 0.286. The number of nitrogens with zero attached hydrogens (tertiary/aromatic N) is 4. The first-order valence-electron chi connectivity index (χ1n) is 6.78. The summed E-state index contributed by atoms with van der Waals surface area (Å²) in [6.07, 6.45) is 1.75. The first-order chi connectivity index (χ1) is 10.8. The molecule has 0 aliphatic rings. The minimum Gasteiger partial charge on any atom is -0.420 e. The zero-order valence-corrected chi connectivity index (χ0v) is 13.4. The molecule has 2 aromatic heterocycles. The van der Waals surface area contributed by atoms with Crippen LogP contribution in [-0.2, 0) is 12.2 Å². The summed E-state index contributed by atoms with van der Waals surface area (Å²) in [6, 6.07) is 7.33. The SMILES string of the molecule is CCCc1nnc(SCc2nnc(-c3ccccc3Cl)o2)o1. The Kier molecular flexibility index (Phi) is 4.74. The molecule has 0 saturated carbocycles. The van der Waals surface area contributed by atoms with Crippen molar-refractivity contribution in [1.82, 2.24) is 20.4 Å². The van der Waals surface area contributed by atoms with Crippen molar-refractivity contribution in [3.63, 3.8) is 0 Å². The predicted octanol–water partition coefficient (Wildman–Crippen LogP) is 4.02. The summed E-state index contributed by atoms with van der Waals surface area (Å²) >= 11 is 7.47. The van der Waals surface area contributed by atoms with E-state index in [0.29, 0.717) is 33.7 Å². The molecule has 0 amide bonds. The van der Waals surface area contributed by atoms with Crippen LogP contribution in [-0.4, -0.2) is 20.4 Å². The van der Waals surface area contributed by atoms with Crippen LogP contribution < -0.4 is 0 Å². The van der Waals surface area contributed by atoms with E-state index >= 15 is 0 Å². The zero-order valence-electron chi connectivity index (χ0n) is 11.8. The van der Waals surface area contributed by atoms with Gasteiger partial charge in [0.15, 0.2) is 0 Å². The normalized spacial score (nSPS) is 11.0. The predicted molar refractivity (Wildman–Crippen MR) is 82.6 cm³/mol. The van der Waals surface area contributed by atoms with Crippen LogP contribution in [0.1, 0.15) is 25.1 Å². The fourth-order valence-corrected chi connectivity index (χ4v) is 2.62. The molecule has 0 bridgehead atoms. The molecule has 0 radical (unpaired) electrons. The third-order valence-electron chi connectivity index (χ3n) is 2.80. The van der Waals surface area contributed by atoms with Gasteiger partial charge < -0.3 is 8.83 Å². The number of hydrogen-bond acceptors (Lipinski definition) is 7. The maximum atomic E-state index is 6.11. The van der Waals surface area contributed by atoms with E-state index in [1.165, 1.54) is 11.8 Å². The lowest BCUT2D eigenvalue weighted by atomic mass is 10.2. The summed E-state index contributed by atoms with van der Waals surface area (Å²) in [5.41, 5.74) is 0.718. The quantitative estimate of drug-likeness (QED) is 0.629. The molecular weight excluding hydrogens is 324 g/mol. The van der Waals surface area contributed by atoms with Crippen LogP contribution in [0.15, 0.2) is 38.3 Å². The molecule has 0 atom stereocenters. The largest absolute Gasteiger partial charge is 0.420 e.